The van der Waals surface area contributed by atoms with Crippen LogP contribution in [0.3, 0.4) is 0 Å². The van der Waals surface area contributed by atoms with Crippen LogP contribution in [0.25, 0.3) is 0 Å². The highest BCUT2D eigenvalue weighted by molar-refractivity contribution is 8.02. The van der Waals surface area contributed by atoms with Crippen molar-refractivity contribution in [2.45, 2.75) is 79.1 Å². The number of esters is 2. The molecule has 4 heterocycles. The number of carbonyl (C=O) groups excluding carboxylic acids is 5. The number of nitrogens with zero attached hydrogens (tertiary/aromatic N) is 3. The quantitative estimate of drug-likeness (QED) is 0.149. The Kier molecular flexibility index (Phi) is 7.34. The number of ether oxygens (including phenoxy) is 3. The lowest BCUT2D eigenvalue weighted by Gasteiger charge is -2.43. The average Bonchev–Trinajstić information content (AvgIpc) is 3.29. The van der Waals surface area contributed by atoms with Gasteiger partial charge in [0.05, 0.1) is 16.7 Å². The molecule has 1 aromatic rings. The number of nitro groups is 1. The third-order valence-electron chi connectivity index (χ3n) is 7.40. The zero-order valence-corrected chi connectivity index (χ0v) is 24.2. The van der Waals surface area contributed by atoms with Gasteiger partial charge in [-0.1, -0.05) is 0 Å². The molecule has 0 aliphatic carbocycles. The molecule has 0 bridgehead atoms. The van der Waals surface area contributed by atoms with E-state index in [1.54, 1.807) is 13.8 Å². The first kappa shape index (κ1) is 29.0. The molecule has 5 atom stereocenters. The van der Waals surface area contributed by atoms with Crippen LogP contribution in [0.1, 0.15) is 39.7 Å². The predicted molar refractivity (Wildman–Crippen MR) is 144 cm³/mol. The molecule has 0 aromatic heterocycles. The standard InChI is InChI=1S/C25H28N4O10S2/c1-24(2)17(27-14(30)9-15(27)40-24)21(32)38-11-39-22(33)18-25(3,4)41-20-16(19(31)28(18)20)26-23(34)37-10-12-5-7-13(8-6-12)29(35)36/h5-8,15-18,20H,9-11H2,1-4H3,(H,26,34)/t15-,16-,17+,18+,20-/m1/s1. The molecule has 5 rings (SSSR count). The minimum Gasteiger partial charge on any atom is -0.445 e. The SMILES string of the molecule is CC1(C)S[C@@H]2[C@H](NC(=O)OCc3ccc([N+](=O)[O-])cc3)C(=O)N2[C@H]1C(=O)OCOC(=O)[C@@H]1N2C(=O)C[C@H]2SC1(C)C. The summed E-state index contributed by atoms with van der Waals surface area (Å²) in [5.41, 5.74) is 0.433. The van der Waals surface area contributed by atoms with E-state index in [2.05, 4.69) is 5.32 Å². The van der Waals surface area contributed by atoms with Gasteiger partial charge in [0.25, 0.3) is 5.69 Å². The number of non-ortho nitro benzene ring substituents is 1. The van der Waals surface area contributed by atoms with Crippen LogP contribution in [0.2, 0.25) is 0 Å². The maximum absolute atomic E-state index is 13.0. The second-order valence-corrected chi connectivity index (χ2v) is 14.6. The summed E-state index contributed by atoms with van der Waals surface area (Å²) in [6, 6.07) is 2.79. The molecular weight excluding hydrogens is 580 g/mol. The minimum atomic E-state index is -0.988. The third kappa shape index (κ3) is 5.18. The fourth-order valence-electron chi connectivity index (χ4n) is 5.42. The monoisotopic (exact) mass is 608 g/mol. The van der Waals surface area contributed by atoms with Crippen LogP contribution in [-0.4, -0.2) is 89.7 Å². The van der Waals surface area contributed by atoms with E-state index in [0.717, 1.165) is 0 Å². The smallest absolute Gasteiger partial charge is 0.408 e. The van der Waals surface area contributed by atoms with Crippen molar-refractivity contribution in [3.05, 3.63) is 39.9 Å². The third-order valence-corrected chi connectivity index (χ3v) is 10.5. The summed E-state index contributed by atoms with van der Waals surface area (Å²) in [4.78, 5) is 76.1. The fraction of sp³-hybridized carbons (Fsp3) is 0.560. The van der Waals surface area contributed by atoms with Gasteiger partial charge < -0.3 is 29.3 Å². The van der Waals surface area contributed by atoms with Gasteiger partial charge in [-0.25, -0.2) is 14.4 Å². The van der Waals surface area contributed by atoms with Gasteiger partial charge in [0, 0.05) is 21.6 Å². The predicted octanol–water partition coefficient (Wildman–Crippen LogP) is 1.75. The van der Waals surface area contributed by atoms with Gasteiger partial charge in [-0.05, 0) is 45.4 Å². The number of fused-ring (bicyclic) bond motifs is 2. The Morgan fingerprint density at radius 2 is 1.56 bits per heavy atom. The molecule has 16 heteroatoms. The van der Waals surface area contributed by atoms with E-state index in [0.29, 0.717) is 12.0 Å². The lowest BCUT2D eigenvalue weighted by molar-refractivity contribution is -0.384. The molecule has 41 heavy (non-hydrogen) atoms. The molecule has 1 N–H and O–H groups in total. The van der Waals surface area contributed by atoms with Gasteiger partial charge >= 0.3 is 18.0 Å². The molecule has 1 aromatic carbocycles. The normalized spacial score (nSPS) is 28.5. The second-order valence-electron chi connectivity index (χ2n) is 11.0. The Morgan fingerprint density at radius 3 is 2.15 bits per heavy atom. The van der Waals surface area contributed by atoms with Crippen molar-refractivity contribution in [1.82, 2.24) is 15.1 Å². The van der Waals surface area contributed by atoms with E-state index in [9.17, 15) is 34.1 Å². The van der Waals surface area contributed by atoms with Crippen LogP contribution in [-0.2, 0) is 40.0 Å². The molecule has 4 saturated heterocycles. The van der Waals surface area contributed by atoms with Crippen molar-refractivity contribution >= 4 is 59.1 Å². The van der Waals surface area contributed by atoms with E-state index in [4.69, 9.17) is 14.2 Å². The molecule has 0 spiro atoms. The molecule has 0 radical (unpaired) electrons. The van der Waals surface area contributed by atoms with E-state index >= 15 is 0 Å². The highest BCUT2D eigenvalue weighted by Crippen LogP contribution is 2.52. The molecule has 3 amide bonds. The lowest BCUT2D eigenvalue weighted by Crippen LogP contribution is -2.70. The average molecular weight is 609 g/mol. The van der Waals surface area contributed by atoms with Gasteiger partial charge in [-0.2, -0.15) is 0 Å². The number of benzene rings is 1. The molecule has 0 saturated carbocycles. The summed E-state index contributed by atoms with van der Waals surface area (Å²) in [5, 5.41) is 12.7. The van der Waals surface area contributed by atoms with Crippen molar-refractivity contribution in [2.75, 3.05) is 6.79 Å². The summed E-state index contributed by atoms with van der Waals surface area (Å²) in [7, 11) is 0. The lowest BCUT2D eigenvalue weighted by atomic mass is 9.96. The van der Waals surface area contributed by atoms with Crippen LogP contribution >= 0.6 is 23.5 Å². The first-order chi connectivity index (χ1) is 19.2. The maximum atomic E-state index is 13.0. The number of hydrogen-bond donors (Lipinski definition) is 1. The number of nitro benzene ring substituents is 1. The number of thioether (sulfide) groups is 2. The van der Waals surface area contributed by atoms with Crippen molar-refractivity contribution < 1.29 is 43.1 Å². The number of alkyl carbamates (subject to hydrolysis) is 1. The van der Waals surface area contributed by atoms with Crippen LogP contribution in [0.15, 0.2) is 24.3 Å². The highest BCUT2D eigenvalue weighted by atomic mass is 32.2. The van der Waals surface area contributed by atoms with Crippen LogP contribution in [0.5, 0.6) is 0 Å². The molecule has 14 nitrogen and oxygen atoms in total. The number of β-lactam (4-membered cyclic amide) rings is 2. The Hall–Kier alpha value is -3.53. The zero-order chi connectivity index (χ0) is 29.9. The summed E-state index contributed by atoms with van der Waals surface area (Å²) < 4.78 is 14.3. The molecule has 4 aliphatic rings. The van der Waals surface area contributed by atoms with Crippen LogP contribution < -0.4 is 5.32 Å². The minimum absolute atomic E-state index is 0.0653. The van der Waals surface area contributed by atoms with Gasteiger partial charge in [0.2, 0.25) is 18.6 Å². The van der Waals surface area contributed by atoms with Crippen molar-refractivity contribution in [2.24, 2.45) is 0 Å². The number of hydrogen-bond acceptors (Lipinski definition) is 12. The van der Waals surface area contributed by atoms with Gasteiger partial charge in [-0.3, -0.25) is 19.7 Å². The first-order valence-electron chi connectivity index (χ1n) is 12.7. The van der Waals surface area contributed by atoms with E-state index in [1.807, 2.05) is 13.8 Å². The first-order valence-corrected chi connectivity index (χ1v) is 14.5. The number of nitrogens with one attached hydrogen (secondary N) is 1. The summed E-state index contributed by atoms with van der Waals surface area (Å²) in [6.07, 6.45) is -0.478. The van der Waals surface area contributed by atoms with Crippen LogP contribution in [0.4, 0.5) is 10.5 Å². The van der Waals surface area contributed by atoms with E-state index in [-0.39, 0.29) is 23.6 Å². The van der Waals surface area contributed by atoms with Gasteiger partial charge in [0.1, 0.15) is 30.1 Å². The maximum Gasteiger partial charge on any atom is 0.408 e. The number of carbonyl (C=O) groups is 5. The van der Waals surface area contributed by atoms with Crippen LogP contribution in [0, 0.1) is 10.1 Å². The zero-order valence-electron chi connectivity index (χ0n) is 22.6. The van der Waals surface area contributed by atoms with Gasteiger partial charge in [0.15, 0.2) is 0 Å². The Balaban J connectivity index is 1.12. The largest absolute Gasteiger partial charge is 0.445 e. The van der Waals surface area contributed by atoms with E-state index in [1.165, 1.54) is 57.6 Å². The Bertz CT molecular complexity index is 1320. The summed E-state index contributed by atoms with van der Waals surface area (Å²) in [6.45, 7) is 6.41. The van der Waals surface area contributed by atoms with Gasteiger partial charge in [-0.15, -0.1) is 23.5 Å². The topological polar surface area (TPSA) is 175 Å². The fourth-order valence-corrected chi connectivity index (χ4v) is 8.66. The molecule has 220 valence electrons. The number of rotatable bonds is 8. The molecular formula is C25H28N4O10S2. The van der Waals surface area contributed by atoms with Crippen molar-refractivity contribution in [1.29, 1.82) is 0 Å². The molecule has 0 unspecified atom stereocenters. The van der Waals surface area contributed by atoms with Crippen molar-refractivity contribution in [3.8, 4) is 0 Å². The Morgan fingerprint density at radius 1 is 0.976 bits per heavy atom. The second kappa shape index (κ2) is 10.4. The molecule has 4 aliphatic heterocycles. The Labute approximate surface area is 242 Å². The summed E-state index contributed by atoms with van der Waals surface area (Å²) in [5.74, 6) is -2.05. The number of amides is 3. The highest BCUT2D eigenvalue weighted by Gasteiger charge is 2.65. The van der Waals surface area contributed by atoms with Crippen molar-refractivity contribution in [3.63, 3.8) is 0 Å². The summed E-state index contributed by atoms with van der Waals surface area (Å²) >= 11 is 2.83. The van der Waals surface area contributed by atoms with E-state index < -0.39 is 68.6 Å². The molecule has 4 fully saturated rings.